The number of hydrogen-bond donors (Lipinski definition) is 2. The van der Waals surface area contributed by atoms with Crippen molar-refractivity contribution in [1.29, 1.82) is 0 Å². The molecule has 0 aliphatic carbocycles. The fourth-order valence-electron chi connectivity index (χ4n) is 4.54. The molecule has 2 N–H and O–H groups in total. The van der Waals surface area contributed by atoms with Gasteiger partial charge in [-0.1, -0.05) is 0 Å². The van der Waals surface area contributed by atoms with Crippen LogP contribution >= 0.6 is 0 Å². The maximum absolute atomic E-state index is 12.5. The second-order valence-electron chi connectivity index (χ2n) is 9.82. The van der Waals surface area contributed by atoms with Crippen LogP contribution in [0.15, 0.2) is 30.3 Å². The van der Waals surface area contributed by atoms with Crippen LogP contribution in [-0.4, -0.2) is 49.6 Å². The Hall–Kier alpha value is -4.41. The molecule has 0 atom stereocenters. The normalized spacial score (nSPS) is 10.9. The van der Waals surface area contributed by atoms with E-state index in [1.807, 2.05) is 26.8 Å². The Kier molecular flexibility index (Phi) is 11.9. The van der Waals surface area contributed by atoms with E-state index in [0.717, 1.165) is 40.3 Å². The molecule has 0 saturated heterocycles. The van der Waals surface area contributed by atoms with Gasteiger partial charge in [0, 0.05) is 17.5 Å². The zero-order valence-electron chi connectivity index (χ0n) is 25.5. The van der Waals surface area contributed by atoms with Crippen LogP contribution in [-0.2, 0) is 6.18 Å². The van der Waals surface area contributed by atoms with E-state index < -0.39 is 23.7 Å². The molecular weight excluding hydrogens is 569 g/mol. The molecular formula is C32H37F3O8. The van der Waals surface area contributed by atoms with Crippen molar-refractivity contribution in [2.75, 3.05) is 27.4 Å². The van der Waals surface area contributed by atoms with Crippen LogP contribution in [0.1, 0.15) is 66.1 Å². The molecule has 3 rings (SSSR count). The lowest BCUT2D eigenvalue weighted by Crippen LogP contribution is -2.12. The van der Waals surface area contributed by atoms with Gasteiger partial charge in [-0.3, -0.25) is 0 Å². The van der Waals surface area contributed by atoms with Crippen molar-refractivity contribution in [2.24, 2.45) is 0 Å². The molecule has 0 heterocycles. The second-order valence-corrected chi connectivity index (χ2v) is 9.82. The number of aromatic carboxylic acids is 2. The fourth-order valence-corrected chi connectivity index (χ4v) is 4.54. The highest BCUT2D eigenvalue weighted by molar-refractivity contribution is 5.99. The number of carboxylic acid groups (broad SMARTS) is 2. The molecule has 3 aromatic rings. The minimum atomic E-state index is -4.34. The lowest BCUT2D eigenvalue weighted by Gasteiger charge is -2.17. The number of aryl methyl sites for hydroxylation is 1. The van der Waals surface area contributed by atoms with E-state index in [1.165, 1.54) is 19.2 Å². The second kappa shape index (κ2) is 14.7. The number of hydrogen-bond acceptors (Lipinski definition) is 6. The Labute approximate surface area is 249 Å². The van der Waals surface area contributed by atoms with Gasteiger partial charge in [0.2, 0.25) is 0 Å². The van der Waals surface area contributed by atoms with Crippen molar-refractivity contribution in [1.82, 2.24) is 0 Å². The maximum Gasteiger partial charge on any atom is 0.416 e. The molecule has 0 aliphatic heterocycles. The van der Waals surface area contributed by atoms with Gasteiger partial charge in [-0.15, -0.1) is 0 Å². The topological polar surface area (TPSA) is 112 Å². The summed E-state index contributed by atoms with van der Waals surface area (Å²) in [5.41, 5.74) is 3.73. The number of benzene rings is 3. The lowest BCUT2D eigenvalue weighted by atomic mass is 9.92. The van der Waals surface area contributed by atoms with Gasteiger partial charge in [0.25, 0.3) is 0 Å². The van der Waals surface area contributed by atoms with Crippen molar-refractivity contribution in [3.8, 4) is 23.0 Å². The average molecular weight is 607 g/mol. The smallest absolute Gasteiger partial charge is 0.416 e. The summed E-state index contributed by atoms with van der Waals surface area (Å²) < 4.78 is 59.3. The third-order valence-corrected chi connectivity index (χ3v) is 7.08. The summed E-state index contributed by atoms with van der Waals surface area (Å²) in [6.07, 6.45) is -3.73. The highest BCUT2D eigenvalue weighted by atomic mass is 19.4. The molecule has 8 nitrogen and oxygen atoms in total. The molecule has 0 aliphatic rings. The molecule has 0 radical (unpaired) electrons. The summed E-state index contributed by atoms with van der Waals surface area (Å²) in [7, 11) is 2.95. The summed E-state index contributed by atoms with van der Waals surface area (Å²) in [5, 5.41) is 18.2. The van der Waals surface area contributed by atoms with Gasteiger partial charge in [0.1, 0.15) is 28.6 Å². The Balaban J connectivity index is 0.000000329. The highest BCUT2D eigenvalue weighted by Gasteiger charge is 2.30. The monoisotopic (exact) mass is 606 g/mol. The minimum absolute atomic E-state index is 0.0208. The molecule has 11 heteroatoms. The third-order valence-electron chi connectivity index (χ3n) is 7.08. The summed E-state index contributed by atoms with van der Waals surface area (Å²) in [6, 6.07) is 6.65. The van der Waals surface area contributed by atoms with Crippen LogP contribution in [0.3, 0.4) is 0 Å². The largest absolute Gasteiger partial charge is 0.496 e. The van der Waals surface area contributed by atoms with Crippen molar-refractivity contribution in [3.05, 3.63) is 80.4 Å². The molecule has 0 unspecified atom stereocenters. The van der Waals surface area contributed by atoms with Crippen LogP contribution in [0.25, 0.3) is 0 Å². The Morgan fingerprint density at radius 1 is 0.698 bits per heavy atom. The number of rotatable bonds is 10. The summed E-state index contributed by atoms with van der Waals surface area (Å²) in [4.78, 5) is 22.3. The summed E-state index contributed by atoms with van der Waals surface area (Å²) in [6.45, 7) is 11.4. The zero-order valence-corrected chi connectivity index (χ0v) is 25.5. The van der Waals surface area contributed by atoms with Gasteiger partial charge >= 0.3 is 18.1 Å². The molecule has 0 spiro atoms. The number of carbonyl (C=O) groups is 2. The van der Waals surface area contributed by atoms with Crippen LogP contribution in [0.5, 0.6) is 23.0 Å². The van der Waals surface area contributed by atoms with Crippen molar-refractivity contribution in [2.45, 2.75) is 54.1 Å². The maximum atomic E-state index is 12.5. The van der Waals surface area contributed by atoms with Crippen molar-refractivity contribution < 1.29 is 51.9 Å². The van der Waals surface area contributed by atoms with Gasteiger partial charge in [0.05, 0.1) is 38.6 Å². The first-order valence-electron chi connectivity index (χ1n) is 13.3. The predicted molar refractivity (Wildman–Crippen MR) is 155 cm³/mol. The zero-order chi connectivity index (χ0) is 32.6. The molecule has 0 amide bonds. The first kappa shape index (κ1) is 34.8. The van der Waals surface area contributed by atoms with Crippen LogP contribution in [0.4, 0.5) is 13.2 Å². The molecule has 0 bridgehead atoms. The van der Waals surface area contributed by atoms with Gasteiger partial charge in [-0.05, 0) is 94.1 Å². The number of ether oxygens (including phenoxy) is 4. The summed E-state index contributed by atoms with van der Waals surface area (Å²) >= 11 is 0. The molecule has 0 aromatic heterocycles. The standard InChI is InChI=1S/C20H23F3O3.C12H14O5/c1-13-12-18(24-4)15(3)19(14(13)2)26-11-5-10-25-17-8-6-16(7-9-17)20(21,22)23;1-5-6(2)9(12(15)16)10(17-4)7(3)8(5)11(13)14/h6-9,12H,5,10-11H2,1-4H3;1-4H3,(H,13,14)(H,15,16). The molecule has 234 valence electrons. The highest BCUT2D eigenvalue weighted by Crippen LogP contribution is 2.35. The molecule has 3 aromatic carbocycles. The van der Waals surface area contributed by atoms with Gasteiger partial charge in [-0.25, -0.2) is 9.59 Å². The van der Waals surface area contributed by atoms with E-state index in [4.69, 9.17) is 29.2 Å². The Morgan fingerprint density at radius 2 is 1.23 bits per heavy atom. The predicted octanol–water partition coefficient (Wildman–Crippen LogP) is 7.50. The number of halogens is 3. The van der Waals surface area contributed by atoms with Gasteiger partial charge in [0.15, 0.2) is 0 Å². The summed E-state index contributed by atoms with van der Waals surface area (Å²) in [5.74, 6) is -0.109. The quantitative estimate of drug-likeness (QED) is 0.228. The van der Waals surface area contributed by atoms with E-state index in [9.17, 15) is 22.8 Å². The minimum Gasteiger partial charge on any atom is -0.496 e. The van der Waals surface area contributed by atoms with Crippen LogP contribution < -0.4 is 18.9 Å². The van der Waals surface area contributed by atoms with Gasteiger partial charge in [-0.2, -0.15) is 13.2 Å². The number of carboxylic acids is 2. The van der Waals surface area contributed by atoms with Crippen molar-refractivity contribution >= 4 is 11.9 Å². The first-order chi connectivity index (χ1) is 20.1. The van der Waals surface area contributed by atoms with E-state index in [2.05, 4.69) is 0 Å². The van der Waals surface area contributed by atoms with E-state index in [1.54, 1.807) is 27.9 Å². The molecule has 0 saturated carbocycles. The average Bonchev–Trinajstić information content (AvgIpc) is 2.93. The Bertz CT molecular complexity index is 1460. The number of alkyl halides is 3. The molecule has 43 heavy (non-hydrogen) atoms. The van der Waals surface area contributed by atoms with E-state index in [-0.39, 0.29) is 16.9 Å². The van der Waals surface area contributed by atoms with E-state index in [0.29, 0.717) is 42.1 Å². The fraction of sp³-hybridized carbons (Fsp3) is 0.375. The SMILES string of the molecule is COc1c(C)c(C(=O)O)c(C)c(C)c1C(=O)O.COc1cc(C)c(C)c(OCCCOc2ccc(C(F)(F)F)cc2)c1C. The first-order valence-corrected chi connectivity index (χ1v) is 13.3. The lowest BCUT2D eigenvalue weighted by molar-refractivity contribution is -0.137. The van der Waals surface area contributed by atoms with E-state index >= 15 is 0 Å². The third kappa shape index (κ3) is 8.33. The Morgan fingerprint density at radius 3 is 1.72 bits per heavy atom. The van der Waals surface area contributed by atoms with Gasteiger partial charge < -0.3 is 29.2 Å². The number of methoxy groups -OCH3 is 2. The van der Waals surface area contributed by atoms with Crippen LogP contribution in [0, 0.1) is 41.5 Å². The van der Waals surface area contributed by atoms with Crippen molar-refractivity contribution in [3.63, 3.8) is 0 Å². The molecule has 0 fully saturated rings. The van der Waals surface area contributed by atoms with Crippen LogP contribution in [0.2, 0.25) is 0 Å².